The van der Waals surface area contributed by atoms with E-state index in [1.807, 2.05) is 6.07 Å². The Morgan fingerprint density at radius 2 is 1.93 bits per heavy atom. The van der Waals surface area contributed by atoms with Crippen LogP contribution in [0.4, 0.5) is 0 Å². The van der Waals surface area contributed by atoms with E-state index in [-0.39, 0.29) is 0 Å². The highest BCUT2D eigenvalue weighted by molar-refractivity contribution is 5.18. The molecular formula is C13H21NO. The molecule has 0 saturated heterocycles. The molecule has 0 radical (unpaired) electrons. The molecule has 1 aromatic carbocycles. The normalized spacial score (nSPS) is 12.7. The van der Waals surface area contributed by atoms with Crippen LogP contribution in [0.2, 0.25) is 0 Å². The molecule has 0 amide bonds. The number of hydrogen-bond acceptors (Lipinski definition) is 2. The van der Waals surface area contributed by atoms with Crippen LogP contribution in [0.25, 0.3) is 0 Å². The van der Waals surface area contributed by atoms with Gasteiger partial charge in [0.05, 0.1) is 0 Å². The standard InChI is InChI=1S/C13H21NO/c1-2-14-13(10-6-7-11-15)12-8-4-3-5-9-12/h3-5,8-9,13-15H,2,6-7,10-11H2,1H3. The van der Waals surface area contributed by atoms with Gasteiger partial charge in [-0.25, -0.2) is 0 Å². The molecule has 0 bridgehead atoms. The molecule has 0 aromatic heterocycles. The zero-order chi connectivity index (χ0) is 10.9. The van der Waals surface area contributed by atoms with Crippen molar-refractivity contribution in [2.75, 3.05) is 13.2 Å². The van der Waals surface area contributed by atoms with Crippen molar-refractivity contribution in [3.8, 4) is 0 Å². The summed E-state index contributed by atoms with van der Waals surface area (Å²) < 4.78 is 0. The number of unbranched alkanes of at least 4 members (excludes halogenated alkanes) is 1. The van der Waals surface area contributed by atoms with Crippen LogP contribution in [-0.4, -0.2) is 18.3 Å². The quantitative estimate of drug-likeness (QED) is 0.673. The van der Waals surface area contributed by atoms with Gasteiger partial charge in [0.1, 0.15) is 0 Å². The maximum Gasteiger partial charge on any atom is 0.0431 e. The van der Waals surface area contributed by atoms with Gasteiger partial charge in [0.15, 0.2) is 0 Å². The second-order valence-corrected chi connectivity index (χ2v) is 3.74. The number of hydrogen-bond donors (Lipinski definition) is 2. The van der Waals surface area contributed by atoms with Crippen molar-refractivity contribution >= 4 is 0 Å². The molecule has 1 rings (SSSR count). The summed E-state index contributed by atoms with van der Waals surface area (Å²) in [5, 5.41) is 12.2. The van der Waals surface area contributed by atoms with Crippen LogP contribution in [0, 0.1) is 0 Å². The van der Waals surface area contributed by atoms with Gasteiger partial charge in [-0.1, -0.05) is 37.3 Å². The van der Waals surface area contributed by atoms with Gasteiger partial charge in [-0.05, 0) is 31.4 Å². The third-order valence-electron chi connectivity index (χ3n) is 2.55. The monoisotopic (exact) mass is 207 g/mol. The van der Waals surface area contributed by atoms with Crippen molar-refractivity contribution in [2.24, 2.45) is 0 Å². The van der Waals surface area contributed by atoms with Crippen LogP contribution >= 0.6 is 0 Å². The van der Waals surface area contributed by atoms with Crippen molar-refractivity contribution in [1.29, 1.82) is 0 Å². The summed E-state index contributed by atoms with van der Waals surface area (Å²) in [6.45, 7) is 3.41. The summed E-state index contributed by atoms with van der Waals surface area (Å²) in [5.74, 6) is 0. The molecule has 0 aliphatic rings. The smallest absolute Gasteiger partial charge is 0.0431 e. The molecule has 15 heavy (non-hydrogen) atoms. The lowest BCUT2D eigenvalue weighted by atomic mass is 10.0. The zero-order valence-electron chi connectivity index (χ0n) is 9.45. The Bertz CT molecular complexity index is 248. The summed E-state index contributed by atoms with van der Waals surface area (Å²) in [6.07, 6.45) is 3.07. The molecule has 2 heteroatoms. The fraction of sp³-hybridized carbons (Fsp3) is 0.538. The van der Waals surface area contributed by atoms with Crippen molar-refractivity contribution < 1.29 is 5.11 Å². The maximum absolute atomic E-state index is 8.76. The summed E-state index contributed by atoms with van der Waals surface area (Å²) in [6, 6.07) is 10.9. The van der Waals surface area contributed by atoms with Gasteiger partial charge >= 0.3 is 0 Å². The lowest BCUT2D eigenvalue weighted by Gasteiger charge is -2.17. The zero-order valence-corrected chi connectivity index (χ0v) is 9.45. The minimum absolute atomic E-state index is 0.299. The van der Waals surface area contributed by atoms with E-state index in [0.717, 1.165) is 25.8 Å². The van der Waals surface area contributed by atoms with Crippen LogP contribution in [-0.2, 0) is 0 Å². The van der Waals surface area contributed by atoms with Gasteiger partial charge < -0.3 is 10.4 Å². The molecular weight excluding hydrogens is 186 g/mol. The molecule has 0 saturated carbocycles. The van der Waals surface area contributed by atoms with Crippen LogP contribution in [0.3, 0.4) is 0 Å². The van der Waals surface area contributed by atoms with Crippen LogP contribution in [0.15, 0.2) is 30.3 Å². The van der Waals surface area contributed by atoms with Crippen molar-refractivity contribution in [2.45, 2.75) is 32.2 Å². The van der Waals surface area contributed by atoms with Gasteiger partial charge in [0.2, 0.25) is 0 Å². The lowest BCUT2D eigenvalue weighted by Crippen LogP contribution is -2.20. The van der Waals surface area contributed by atoms with Crippen molar-refractivity contribution in [3.63, 3.8) is 0 Å². The number of aliphatic hydroxyl groups is 1. The third kappa shape index (κ3) is 4.45. The van der Waals surface area contributed by atoms with Gasteiger partial charge in [0, 0.05) is 12.6 Å². The predicted octanol–water partition coefficient (Wildman–Crippen LogP) is 2.50. The highest BCUT2D eigenvalue weighted by Gasteiger charge is 2.08. The summed E-state index contributed by atoms with van der Waals surface area (Å²) >= 11 is 0. The Morgan fingerprint density at radius 1 is 1.20 bits per heavy atom. The maximum atomic E-state index is 8.76. The molecule has 1 unspecified atom stereocenters. The summed E-state index contributed by atoms with van der Waals surface area (Å²) in [5.41, 5.74) is 1.34. The molecule has 2 nitrogen and oxygen atoms in total. The minimum atomic E-state index is 0.299. The largest absolute Gasteiger partial charge is 0.396 e. The first-order valence-corrected chi connectivity index (χ1v) is 5.77. The van der Waals surface area contributed by atoms with E-state index in [1.165, 1.54) is 5.56 Å². The second-order valence-electron chi connectivity index (χ2n) is 3.74. The molecule has 2 N–H and O–H groups in total. The molecule has 1 atom stereocenters. The number of aliphatic hydroxyl groups excluding tert-OH is 1. The molecule has 84 valence electrons. The average molecular weight is 207 g/mol. The number of nitrogens with one attached hydrogen (secondary N) is 1. The minimum Gasteiger partial charge on any atom is -0.396 e. The molecule has 0 aliphatic carbocycles. The molecule has 1 aromatic rings. The fourth-order valence-electron chi connectivity index (χ4n) is 1.78. The van der Waals surface area contributed by atoms with E-state index in [9.17, 15) is 0 Å². The van der Waals surface area contributed by atoms with Gasteiger partial charge in [-0.3, -0.25) is 0 Å². The topological polar surface area (TPSA) is 32.3 Å². The Labute approximate surface area is 92.3 Å². The van der Waals surface area contributed by atoms with E-state index < -0.39 is 0 Å². The highest BCUT2D eigenvalue weighted by atomic mass is 16.2. The highest BCUT2D eigenvalue weighted by Crippen LogP contribution is 2.18. The Morgan fingerprint density at radius 3 is 2.53 bits per heavy atom. The first-order chi connectivity index (χ1) is 7.38. The van der Waals surface area contributed by atoms with Crippen molar-refractivity contribution in [1.82, 2.24) is 5.32 Å². The Balaban J connectivity index is 2.50. The SMILES string of the molecule is CCNC(CCCCO)c1ccccc1. The molecule has 0 spiro atoms. The van der Waals surface area contributed by atoms with E-state index in [0.29, 0.717) is 12.6 Å². The lowest BCUT2D eigenvalue weighted by molar-refractivity contribution is 0.279. The molecule has 0 aliphatic heterocycles. The van der Waals surface area contributed by atoms with E-state index >= 15 is 0 Å². The van der Waals surface area contributed by atoms with E-state index in [2.05, 4.69) is 36.5 Å². The fourth-order valence-corrected chi connectivity index (χ4v) is 1.78. The van der Waals surface area contributed by atoms with Gasteiger partial charge in [-0.2, -0.15) is 0 Å². The third-order valence-corrected chi connectivity index (χ3v) is 2.55. The average Bonchev–Trinajstić information content (AvgIpc) is 2.29. The first-order valence-electron chi connectivity index (χ1n) is 5.77. The predicted molar refractivity (Wildman–Crippen MR) is 63.8 cm³/mol. The van der Waals surface area contributed by atoms with Crippen LogP contribution in [0.1, 0.15) is 37.8 Å². The van der Waals surface area contributed by atoms with Gasteiger partial charge in [-0.15, -0.1) is 0 Å². The van der Waals surface area contributed by atoms with E-state index in [4.69, 9.17) is 5.11 Å². The van der Waals surface area contributed by atoms with Crippen LogP contribution < -0.4 is 5.32 Å². The van der Waals surface area contributed by atoms with Crippen LogP contribution in [0.5, 0.6) is 0 Å². The Hall–Kier alpha value is -0.860. The Kier molecular flexibility index (Phi) is 6.05. The summed E-state index contributed by atoms with van der Waals surface area (Å²) in [4.78, 5) is 0. The van der Waals surface area contributed by atoms with Crippen molar-refractivity contribution in [3.05, 3.63) is 35.9 Å². The first kappa shape index (κ1) is 12.2. The second kappa shape index (κ2) is 7.43. The molecule has 0 fully saturated rings. The van der Waals surface area contributed by atoms with E-state index in [1.54, 1.807) is 0 Å². The molecule has 0 heterocycles. The number of rotatable bonds is 7. The van der Waals surface area contributed by atoms with Gasteiger partial charge in [0.25, 0.3) is 0 Å². The number of benzene rings is 1. The summed E-state index contributed by atoms with van der Waals surface area (Å²) in [7, 11) is 0.